The number of nitrogens with one attached hydrogen (secondary N) is 1. The third kappa shape index (κ3) is 4.22. The van der Waals surface area contributed by atoms with Gasteiger partial charge in [0.25, 0.3) is 5.19 Å². The largest absolute Gasteiger partial charge is 0.466 e. The molecule has 0 aliphatic carbocycles. The molecule has 1 aliphatic heterocycles. The minimum atomic E-state index is 0.233. The van der Waals surface area contributed by atoms with Crippen LogP contribution in [0.3, 0.4) is 0 Å². The summed E-state index contributed by atoms with van der Waals surface area (Å²) in [4.78, 5) is 0. The van der Waals surface area contributed by atoms with Gasteiger partial charge in [-0.25, -0.2) is 0 Å². The monoisotopic (exact) mass is 257 g/mol. The summed E-state index contributed by atoms with van der Waals surface area (Å²) < 4.78 is 11.0. The first-order chi connectivity index (χ1) is 8.24. The summed E-state index contributed by atoms with van der Waals surface area (Å²) in [6.45, 7) is 6.41. The predicted octanol–water partition coefficient (Wildman–Crippen LogP) is 1.59. The van der Waals surface area contributed by atoms with Crippen molar-refractivity contribution in [3.8, 4) is 5.19 Å². The van der Waals surface area contributed by atoms with E-state index in [1.165, 1.54) is 11.3 Å². The van der Waals surface area contributed by atoms with Crippen molar-refractivity contribution in [2.24, 2.45) is 0 Å². The lowest BCUT2D eigenvalue weighted by molar-refractivity contribution is 0.0676. The molecule has 1 atom stereocenters. The minimum Gasteiger partial charge on any atom is -0.466 e. The van der Waals surface area contributed by atoms with Crippen LogP contribution >= 0.6 is 11.3 Å². The predicted molar refractivity (Wildman–Crippen MR) is 66.4 cm³/mol. The van der Waals surface area contributed by atoms with E-state index in [1.807, 2.05) is 0 Å². The Kier molecular flexibility index (Phi) is 4.70. The molecule has 6 heteroatoms. The van der Waals surface area contributed by atoms with Crippen LogP contribution in [-0.4, -0.2) is 35.6 Å². The topological polar surface area (TPSA) is 56.3 Å². The highest BCUT2D eigenvalue weighted by atomic mass is 32.1. The Morgan fingerprint density at radius 3 is 3.12 bits per heavy atom. The van der Waals surface area contributed by atoms with E-state index in [2.05, 4.69) is 29.4 Å². The zero-order valence-corrected chi connectivity index (χ0v) is 11.1. The molecular formula is C11H19N3O2S. The summed E-state index contributed by atoms with van der Waals surface area (Å²) in [7, 11) is 0. The van der Waals surface area contributed by atoms with Crippen molar-refractivity contribution in [3.05, 3.63) is 5.01 Å². The van der Waals surface area contributed by atoms with Gasteiger partial charge < -0.3 is 14.8 Å². The van der Waals surface area contributed by atoms with Gasteiger partial charge in [-0.05, 0) is 12.8 Å². The molecule has 1 fully saturated rings. The van der Waals surface area contributed by atoms with Crippen molar-refractivity contribution in [1.29, 1.82) is 0 Å². The molecule has 0 saturated carbocycles. The number of hydrogen-bond acceptors (Lipinski definition) is 6. The van der Waals surface area contributed by atoms with Gasteiger partial charge in [0, 0.05) is 12.6 Å². The molecule has 0 radical (unpaired) electrons. The third-order valence-electron chi connectivity index (χ3n) is 2.53. The van der Waals surface area contributed by atoms with Crippen LogP contribution in [0.25, 0.3) is 0 Å². The molecule has 96 valence electrons. The maximum atomic E-state index is 5.57. The van der Waals surface area contributed by atoms with E-state index in [0.717, 1.165) is 31.0 Å². The van der Waals surface area contributed by atoms with Crippen LogP contribution in [0, 0.1) is 0 Å². The number of aromatic nitrogens is 2. The Hall–Kier alpha value is -0.720. The number of hydrogen-bond donors (Lipinski definition) is 1. The molecule has 1 aromatic heterocycles. The first kappa shape index (κ1) is 12.7. The SMILES string of the molecule is CC(C)NCc1nnc(OCC2CCCO2)s1. The first-order valence-electron chi connectivity index (χ1n) is 6.04. The highest BCUT2D eigenvalue weighted by Gasteiger charge is 2.17. The zero-order chi connectivity index (χ0) is 12.1. The van der Waals surface area contributed by atoms with E-state index in [9.17, 15) is 0 Å². The summed E-state index contributed by atoms with van der Waals surface area (Å²) in [6.07, 6.45) is 2.45. The molecule has 1 N–H and O–H groups in total. The van der Waals surface area contributed by atoms with Crippen LogP contribution < -0.4 is 10.1 Å². The van der Waals surface area contributed by atoms with E-state index < -0.39 is 0 Å². The minimum absolute atomic E-state index is 0.233. The van der Waals surface area contributed by atoms with Crippen molar-refractivity contribution in [2.75, 3.05) is 13.2 Å². The van der Waals surface area contributed by atoms with E-state index in [1.54, 1.807) is 0 Å². The van der Waals surface area contributed by atoms with E-state index in [0.29, 0.717) is 17.8 Å². The van der Waals surface area contributed by atoms with E-state index in [4.69, 9.17) is 9.47 Å². The van der Waals surface area contributed by atoms with Crippen LogP contribution in [0.5, 0.6) is 5.19 Å². The highest BCUT2D eigenvalue weighted by Crippen LogP contribution is 2.20. The maximum absolute atomic E-state index is 5.57. The molecule has 2 heterocycles. The van der Waals surface area contributed by atoms with Gasteiger partial charge in [-0.1, -0.05) is 25.2 Å². The quantitative estimate of drug-likeness (QED) is 0.838. The van der Waals surface area contributed by atoms with Crippen LogP contribution in [0.1, 0.15) is 31.7 Å². The molecule has 1 unspecified atom stereocenters. The summed E-state index contributed by atoms with van der Waals surface area (Å²) in [6, 6.07) is 0.454. The lowest BCUT2D eigenvalue weighted by atomic mass is 10.2. The molecular weight excluding hydrogens is 238 g/mol. The average molecular weight is 257 g/mol. The number of rotatable bonds is 6. The summed E-state index contributed by atoms with van der Waals surface area (Å²) in [5.41, 5.74) is 0. The number of nitrogens with zero attached hydrogens (tertiary/aromatic N) is 2. The van der Waals surface area contributed by atoms with Crippen LogP contribution in [0.4, 0.5) is 0 Å². The second-order valence-electron chi connectivity index (χ2n) is 4.44. The fourth-order valence-electron chi connectivity index (χ4n) is 1.60. The Balaban J connectivity index is 1.73. The average Bonchev–Trinajstić information content (AvgIpc) is 2.95. The van der Waals surface area contributed by atoms with Gasteiger partial charge in [-0.2, -0.15) is 0 Å². The van der Waals surface area contributed by atoms with Crippen molar-refractivity contribution in [3.63, 3.8) is 0 Å². The Morgan fingerprint density at radius 1 is 1.53 bits per heavy atom. The molecule has 2 rings (SSSR count). The van der Waals surface area contributed by atoms with Gasteiger partial charge in [-0.15, -0.1) is 10.2 Å². The zero-order valence-electron chi connectivity index (χ0n) is 10.3. The normalized spacial score (nSPS) is 20.1. The lowest BCUT2D eigenvalue weighted by Gasteiger charge is -2.08. The Bertz CT molecular complexity index is 337. The molecule has 1 saturated heterocycles. The molecule has 17 heavy (non-hydrogen) atoms. The lowest BCUT2D eigenvalue weighted by Crippen LogP contribution is -2.21. The molecule has 0 aromatic carbocycles. The smallest absolute Gasteiger partial charge is 0.294 e. The Morgan fingerprint density at radius 2 is 2.41 bits per heavy atom. The first-order valence-corrected chi connectivity index (χ1v) is 6.86. The van der Waals surface area contributed by atoms with Crippen LogP contribution in [0.2, 0.25) is 0 Å². The second kappa shape index (κ2) is 6.28. The summed E-state index contributed by atoms with van der Waals surface area (Å²) in [5, 5.41) is 13.0. The van der Waals surface area contributed by atoms with Crippen LogP contribution in [-0.2, 0) is 11.3 Å². The molecule has 1 aliphatic rings. The number of ether oxygens (including phenoxy) is 2. The molecule has 1 aromatic rings. The van der Waals surface area contributed by atoms with Gasteiger partial charge in [0.1, 0.15) is 11.6 Å². The molecule has 5 nitrogen and oxygen atoms in total. The fourth-order valence-corrected chi connectivity index (χ4v) is 2.25. The van der Waals surface area contributed by atoms with Gasteiger partial charge in [0.15, 0.2) is 0 Å². The fraction of sp³-hybridized carbons (Fsp3) is 0.818. The van der Waals surface area contributed by atoms with E-state index >= 15 is 0 Å². The van der Waals surface area contributed by atoms with Crippen molar-refractivity contribution in [2.45, 2.75) is 45.4 Å². The summed E-state index contributed by atoms with van der Waals surface area (Å²) in [5.74, 6) is 0. The van der Waals surface area contributed by atoms with Crippen molar-refractivity contribution in [1.82, 2.24) is 15.5 Å². The van der Waals surface area contributed by atoms with Gasteiger partial charge >= 0.3 is 0 Å². The standard InChI is InChI=1S/C11H19N3O2S/c1-8(2)12-6-10-13-14-11(17-10)16-7-9-4-3-5-15-9/h8-9,12H,3-7H2,1-2H3. The summed E-state index contributed by atoms with van der Waals surface area (Å²) >= 11 is 1.50. The second-order valence-corrected chi connectivity index (χ2v) is 5.47. The molecule has 0 amide bonds. The van der Waals surface area contributed by atoms with E-state index in [-0.39, 0.29) is 6.10 Å². The highest BCUT2D eigenvalue weighted by molar-refractivity contribution is 7.13. The van der Waals surface area contributed by atoms with Gasteiger partial charge in [0.2, 0.25) is 0 Å². The van der Waals surface area contributed by atoms with Crippen molar-refractivity contribution >= 4 is 11.3 Å². The molecule has 0 bridgehead atoms. The molecule has 0 spiro atoms. The van der Waals surface area contributed by atoms with Gasteiger partial charge in [-0.3, -0.25) is 0 Å². The maximum Gasteiger partial charge on any atom is 0.294 e. The van der Waals surface area contributed by atoms with Crippen LogP contribution in [0.15, 0.2) is 0 Å². The van der Waals surface area contributed by atoms with Crippen molar-refractivity contribution < 1.29 is 9.47 Å². The third-order valence-corrected chi connectivity index (χ3v) is 3.36. The Labute approximate surface area is 106 Å². The van der Waals surface area contributed by atoms with Gasteiger partial charge in [0.05, 0.1) is 12.6 Å².